The molecule has 11 heavy (non-hydrogen) atoms. The van der Waals surface area contributed by atoms with Crippen LogP contribution in [-0.2, 0) is 4.79 Å². The molecule has 0 aromatic carbocycles. The van der Waals surface area contributed by atoms with Crippen molar-refractivity contribution in [1.82, 2.24) is 0 Å². The lowest BCUT2D eigenvalue weighted by Gasteiger charge is -2.17. The third-order valence-corrected chi connectivity index (χ3v) is 1.20. The van der Waals surface area contributed by atoms with Gasteiger partial charge in [-0.3, -0.25) is 4.79 Å². The van der Waals surface area contributed by atoms with Crippen molar-refractivity contribution in [1.29, 1.82) is 0 Å². The molecular formula is C5H7F3O3. The van der Waals surface area contributed by atoms with Crippen LogP contribution in [0, 0.1) is 5.92 Å². The SMILES string of the molecule is CC(C(=O)O)C(O)C(F)(F)F. The Morgan fingerprint density at radius 1 is 1.45 bits per heavy atom. The van der Waals surface area contributed by atoms with Crippen molar-refractivity contribution in [3.05, 3.63) is 0 Å². The van der Waals surface area contributed by atoms with E-state index in [9.17, 15) is 18.0 Å². The smallest absolute Gasteiger partial charge is 0.415 e. The lowest BCUT2D eigenvalue weighted by atomic mass is 10.1. The molecular weight excluding hydrogens is 165 g/mol. The van der Waals surface area contributed by atoms with Gasteiger partial charge in [-0.1, -0.05) is 0 Å². The van der Waals surface area contributed by atoms with E-state index in [0.717, 1.165) is 6.92 Å². The van der Waals surface area contributed by atoms with E-state index in [1.54, 1.807) is 0 Å². The van der Waals surface area contributed by atoms with E-state index in [2.05, 4.69) is 0 Å². The summed E-state index contributed by atoms with van der Waals surface area (Å²) in [6.45, 7) is 0.792. The van der Waals surface area contributed by atoms with Crippen LogP contribution >= 0.6 is 0 Å². The van der Waals surface area contributed by atoms with Crippen LogP contribution < -0.4 is 0 Å². The van der Waals surface area contributed by atoms with Gasteiger partial charge in [-0.05, 0) is 6.92 Å². The number of carboxylic acid groups (broad SMARTS) is 1. The molecule has 0 rings (SSSR count). The topological polar surface area (TPSA) is 57.5 Å². The van der Waals surface area contributed by atoms with E-state index in [-0.39, 0.29) is 0 Å². The van der Waals surface area contributed by atoms with Gasteiger partial charge in [0.2, 0.25) is 0 Å². The van der Waals surface area contributed by atoms with Crippen molar-refractivity contribution < 1.29 is 28.2 Å². The number of rotatable bonds is 2. The first-order valence-corrected chi connectivity index (χ1v) is 2.74. The fourth-order valence-electron chi connectivity index (χ4n) is 0.419. The van der Waals surface area contributed by atoms with E-state index in [1.165, 1.54) is 0 Å². The maximum Gasteiger partial charge on any atom is 0.415 e. The van der Waals surface area contributed by atoms with Crippen molar-refractivity contribution in [2.75, 3.05) is 0 Å². The van der Waals surface area contributed by atoms with Crippen molar-refractivity contribution in [3.63, 3.8) is 0 Å². The van der Waals surface area contributed by atoms with Crippen LogP contribution in [0.1, 0.15) is 6.92 Å². The first kappa shape index (κ1) is 10.2. The number of carbonyl (C=O) groups is 1. The highest BCUT2D eigenvalue weighted by molar-refractivity contribution is 5.70. The summed E-state index contributed by atoms with van der Waals surface area (Å²) < 4.78 is 34.6. The summed E-state index contributed by atoms with van der Waals surface area (Å²) >= 11 is 0. The second kappa shape index (κ2) is 3.08. The van der Waals surface area contributed by atoms with E-state index in [0.29, 0.717) is 0 Å². The van der Waals surface area contributed by atoms with Crippen molar-refractivity contribution in [2.45, 2.75) is 19.2 Å². The minimum atomic E-state index is -4.86. The maximum absolute atomic E-state index is 11.5. The van der Waals surface area contributed by atoms with E-state index in [4.69, 9.17) is 10.2 Å². The quantitative estimate of drug-likeness (QED) is 0.642. The van der Waals surface area contributed by atoms with Crippen molar-refractivity contribution in [3.8, 4) is 0 Å². The predicted molar refractivity (Wildman–Crippen MR) is 28.9 cm³/mol. The number of carboxylic acids is 1. The van der Waals surface area contributed by atoms with Crippen LogP contribution in [0.15, 0.2) is 0 Å². The second-order valence-corrected chi connectivity index (χ2v) is 2.11. The van der Waals surface area contributed by atoms with Crippen LogP contribution in [0.3, 0.4) is 0 Å². The molecule has 0 heterocycles. The van der Waals surface area contributed by atoms with Crippen LogP contribution in [0.4, 0.5) is 13.2 Å². The Morgan fingerprint density at radius 2 is 1.82 bits per heavy atom. The number of hydrogen-bond donors (Lipinski definition) is 2. The molecule has 0 bridgehead atoms. The molecule has 0 saturated carbocycles. The first-order valence-electron chi connectivity index (χ1n) is 2.74. The Bertz CT molecular complexity index is 154. The minimum absolute atomic E-state index is 0.792. The van der Waals surface area contributed by atoms with Gasteiger partial charge in [0.05, 0.1) is 5.92 Å². The first-order chi connectivity index (χ1) is 4.76. The van der Waals surface area contributed by atoms with Crippen LogP contribution in [0.5, 0.6) is 0 Å². The zero-order valence-corrected chi connectivity index (χ0v) is 5.59. The molecule has 66 valence electrons. The van der Waals surface area contributed by atoms with Gasteiger partial charge in [-0.25, -0.2) is 0 Å². The molecule has 0 aliphatic heterocycles. The summed E-state index contributed by atoms with van der Waals surface area (Å²) in [5, 5.41) is 16.4. The van der Waals surface area contributed by atoms with E-state index >= 15 is 0 Å². The zero-order chi connectivity index (χ0) is 9.23. The van der Waals surface area contributed by atoms with Gasteiger partial charge in [-0.15, -0.1) is 0 Å². The summed E-state index contributed by atoms with van der Waals surface area (Å²) in [5.41, 5.74) is 0. The number of halogens is 3. The molecule has 0 amide bonds. The summed E-state index contributed by atoms with van der Waals surface area (Å²) in [7, 11) is 0. The predicted octanol–water partition coefficient (Wildman–Crippen LogP) is 0.630. The summed E-state index contributed by atoms with van der Waals surface area (Å²) in [6.07, 6.45) is -7.65. The van der Waals surface area contributed by atoms with Crippen molar-refractivity contribution >= 4 is 5.97 Å². The van der Waals surface area contributed by atoms with Gasteiger partial charge < -0.3 is 10.2 Å². The highest BCUT2D eigenvalue weighted by atomic mass is 19.4. The van der Waals surface area contributed by atoms with Crippen LogP contribution in [-0.4, -0.2) is 28.5 Å². The Balaban J connectivity index is 4.25. The third-order valence-electron chi connectivity index (χ3n) is 1.20. The summed E-state index contributed by atoms with van der Waals surface area (Å²) in [4.78, 5) is 9.93. The monoisotopic (exact) mass is 172 g/mol. The Morgan fingerprint density at radius 3 is 1.91 bits per heavy atom. The summed E-state index contributed by atoms with van der Waals surface area (Å²) in [6, 6.07) is 0. The standard InChI is InChI=1S/C5H7F3O3/c1-2(4(10)11)3(9)5(6,7)8/h2-3,9H,1H3,(H,10,11). The van der Waals surface area contributed by atoms with Gasteiger partial charge >= 0.3 is 12.1 Å². The Kier molecular flexibility index (Phi) is 2.86. The molecule has 2 atom stereocenters. The van der Waals surface area contributed by atoms with Crippen molar-refractivity contribution in [2.24, 2.45) is 5.92 Å². The van der Waals surface area contributed by atoms with Crippen LogP contribution in [0.25, 0.3) is 0 Å². The number of aliphatic carboxylic acids is 1. The lowest BCUT2D eigenvalue weighted by molar-refractivity contribution is -0.221. The average molecular weight is 172 g/mol. The molecule has 0 aliphatic carbocycles. The molecule has 2 N–H and O–H groups in total. The molecule has 0 aromatic heterocycles. The highest BCUT2D eigenvalue weighted by Crippen LogP contribution is 2.25. The molecule has 0 saturated heterocycles. The van der Waals surface area contributed by atoms with Crippen LogP contribution in [0.2, 0.25) is 0 Å². The molecule has 6 heteroatoms. The number of aliphatic hydroxyl groups excluding tert-OH is 1. The maximum atomic E-state index is 11.5. The molecule has 0 aromatic rings. The van der Waals surface area contributed by atoms with Gasteiger partial charge in [0, 0.05) is 0 Å². The van der Waals surface area contributed by atoms with Gasteiger partial charge in [0.25, 0.3) is 0 Å². The number of hydrogen-bond acceptors (Lipinski definition) is 2. The normalized spacial score (nSPS) is 17.5. The highest BCUT2D eigenvalue weighted by Gasteiger charge is 2.44. The number of aliphatic hydroxyl groups is 1. The lowest BCUT2D eigenvalue weighted by Crippen LogP contribution is -2.38. The fraction of sp³-hybridized carbons (Fsp3) is 0.800. The minimum Gasteiger partial charge on any atom is -0.481 e. The molecule has 0 spiro atoms. The Labute approximate surface area is 60.4 Å². The number of alkyl halides is 3. The summed E-state index contributed by atoms with van der Waals surface area (Å²) in [5.74, 6) is -3.50. The van der Waals surface area contributed by atoms with E-state index < -0.39 is 24.2 Å². The Hall–Kier alpha value is -0.780. The second-order valence-electron chi connectivity index (χ2n) is 2.11. The molecule has 2 unspecified atom stereocenters. The molecule has 3 nitrogen and oxygen atoms in total. The van der Waals surface area contributed by atoms with Gasteiger partial charge in [0.1, 0.15) is 0 Å². The average Bonchev–Trinajstić information content (AvgIpc) is 1.82. The molecule has 0 radical (unpaired) electrons. The largest absolute Gasteiger partial charge is 0.481 e. The van der Waals surface area contributed by atoms with Gasteiger partial charge in [-0.2, -0.15) is 13.2 Å². The fourth-order valence-corrected chi connectivity index (χ4v) is 0.419. The van der Waals surface area contributed by atoms with E-state index in [1.807, 2.05) is 0 Å². The molecule has 0 fully saturated rings. The molecule has 0 aliphatic rings. The zero-order valence-electron chi connectivity index (χ0n) is 5.59. The third kappa shape index (κ3) is 2.75. The van der Waals surface area contributed by atoms with Gasteiger partial charge in [0.15, 0.2) is 6.10 Å².